The van der Waals surface area contributed by atoms with Crippen molar-refractivity contribution in [2.24, 2.45) is 5.92 Å². The number of hydrogen-bond acceptors (Lipinski definition) is 1. The van der Waals surface area contributed by atoms with E-state index in [9.17, 15) is 13.2 Å². The fourth-order valence-corrected chi connectivity index (χ4v) is 2.28. The third-order valence-electron chi connectivity index (χ3n) is 3.18. The van der Waals surface area contributed by atoms with Crippen LogP contribution in [0.5, 0.6) is 0 Å². The lowest BCUT2D eigenvalue weighted by atomic mass is 9.86. The van der Waals surface area contributed by atoms with Crippen molar-refractivity contribution in [3.05, 3.63) is 30.1 Å². The monoisotopic (exact) mass is 243 g/mol. The van der Waals surface area contributed by atoms with Crippen molar-refractivity contribution >= 4 is 5.69 Å². The van der Waals surface area contributed by atoms with Crippen LogP contribution in [0.3, 0.4) is 0 Å². The van der Waals surface area contributed by atoms with Crippen molar-refractivity contribution in [2.75, 3.05) is 11.9 Å². The quantitative estimate of drug-likeness (QED) is 0.844. The third-order valence-corrected chi connectivity index (χ3v) is 3.18. The molecule has 0 bridgehead atoms. The molecule has 1 aliphatic rings. The van der Waals surface area contributed by atoms with Gasteiger partial charge >= 0.3 is 0 Å². The lowest BCUT2D eigenvalue weighted by molar-refractivity contribution is -0.0502. The lowest BCUT2D eigenvalue weighted by Gasteiger charge is -2.29. The zero-order valence-corrected chi connectivity index (χ0v) is 9.56. The lowest BCUT2D eigenvalue weighted by Crippen LogP contribution is -2.29. The summed E-state index contributed by atoms with van der Waals surface area (Å²) in [4.78, 5) is 0. The summed E-state index contributed by atoms with van der Waals surface area (Å²) in [6.07, 6.45) is 1.40. The zero-order valence-electron chi connectivity index (χ0n) is 9.56. The van der Waals surface area contributed by atoms with Gasteiger partial charge in [0.15, 0.2) is 0 Å². The van der Waals surface area contributed by atoms with E-state index in [0.29, 0.717) is 13.0 Å². The van der Waals surface area contributed by atoms with Crippen LogP contribution in [0.25, 0.3) is 0 Å². The molecule has 0 amide bonds. The van der Waals surface area contributed by atoms with Gasteiger partial charge in [0.1, 0.15) is 5.82 Å². The standard InChI is InChI=1S/C13H16F3N/c14-11-3-5-12(6-4-11)17-9-10-2-1-7-13(15,16)8-10/h3-6,10,17H,1-2,7-9H2. The van der Waals surface area contributed by atoms with Gasteiger partial charge in [-0.05, 0) is 43.0 Å². The highest BCUT2D eigenvalue weighted by atomic mass is 19.3. The number of halogens is 3. The average Bonchev–Trinajstić information content (AvgIpc) is 2.27. The van der Waals surface area contributed by atoms with Crippen LogP contribution in [0.1, 0.15) is 25.7 Å². The van der Waals surface area contributed by atoms with E-state index in [2.05, 4.69) is 5.32 Å². The summed E-state index contributed by atoms with van der Waals surface area (Å²) in [5, 5.41) is 3.08. The van der Waals surface area contributed by atoms with Crippen LogP contribution < -0.4 is 5.32 Å². The molecule has 2 rings (SSSR count). The maximum absolute atomic E-state index is 13.2. The zero-order chi connectivity index (χ0) is 12.3. The highest BCUT2D eigenvalue weighted by Crippen LogP contribution is 2.36. The summed E-state index contributed by atoms with van der Waals surface area (Å²) in [6, 6.07) is 5.96. The van der Waals surface area contributed by atoms with Gasteiger partial charge in [-0.15, -0.1) is 0 Å². The van der Waals surface area contributed by atoms with Crippen LogP contribution in [0, 0.1) is 11.7 Å². The van der Waals surface area contributed by atoms with E-state index in [0.717, 1.165) is 12.1 Å². The Bertz CT molecular complexity index is 361. The molecule has 1 fully saturated rings. The molecule has 17 heavy (non-hydrogen) atoms. The Balaban J connectivity index is 1.84. The van der Waals surface area contributed by atoms with Crippen molar-refractivity contribution in [1.29, 1.82) is 0 Å². The molecule has 1 aromatic rings. The Morgan fingerprint density at radius 1 is 1.24 bits per heavy atom. The van der Waals surface area contributed by atoms with Crippen molar-refractivity contribution < 1.29 is 13.2 Å². The van der Waals surface area contributed by atoms with Crippen LogP contribution in [-0.2, 0) is 0 Å². The first kappa shape index (κ1) is 12.3. The first-order valence-corrected chi connectivity index (χ1v) is 5.92. The Morgan fingerprint density at radius 3 is 2.59 bits per heavy atom. The van der Waals surface area contributed by atoms with E-state index < -0.39 is 5.92 Å². The van der Waals surface area contributed by atoms with E-state index >= 15 is 0 Å². The second-order valence-corrected chi connectivity index (χ2v) is 4.71. The van der Waals surface area contributed by atoms with Crippen LogP contribution in [0.15, 0.2) is 24.3 Å². The predicted octanol–water partition coefficient (Wildman–Crippen LogP) is 4.06. The minimum absolute atomic E-state index is 0.00352. The van der Waals surface area contributed by atoms with Gasteiger partial charge < -0.3 is 5.32 Å². The fraction of sp³-hybridized carbons (Fsp3) is 0.538. The summed E-state index contributed by atoms with van der Waals surface area (Å²) >= 11 is 0. The molecule has 4 heteroatoms. The second kappa shape index (κ2) is 4.98. The Kier molecular flexibility index (Phi) is 3.60. The van der Waals surface area contributed by atoms with E-state index in [4.69, 9.17) is 0 Å². The largest absolute Gasteiger partial charge is 0.385 e. The Morgan fingerprint density at radius 2 is 1.94 bits per heavy atom. The van der Waals surface area contributed by atoms with Gasteiger partial charge in [-0.1, -0.05) is 0 Å². The molecule has 0 aromatic heterocycles. The van der Waals surface area contributed by atoms with Crippen molar-refractivity contribution in [2.45, 2.75) is 31.6 Å². The minimum atomic E-state index is -2.51. The number of hydrogen-bond donors (Lipinski definition) is 1. The van der Waals surface area contributed by atoms with Crippen molar-refractivity contribution in [1.82, 2.24) is 0 Å². The fourth-order valence-electron chi connectivity index (χ4n) is 2.28. The van der Waals surface area contributed by atoms with Crippen molar-refractivity contribution in [3.8, 4) is 0 Å². The topological polar surface area (TPSA) is 12.0 Å². The summed E-state index contributed by atoms with van der Waals surface area (Å²) in [5.74, 6) is -2.79. The molecule has 0 aliphatic heterocycles. The smallest absolute Gasteiger partial charge is 0.248 e. The average molecular weight is 243 g/mol. The third kappa shape index (κ3) is 3.65. The first-order chi connectivity index (χ1) is 8.05. The number of anilines is 1. The van der Waals surface area contributed by atoms with Gasteiger partial charge in [0.05, 0.1) is 0 Å². The number of benzene rings is 1. The molecule has 0 spiro atoms. The van der Waals surface area contributed by atoms with Crippen LogP contribution in [-0.4, -0.2) is 12.5 Å². The molecule has 1 unspecified atom stereocenters. The first-order valence-electron chi connectivity index (χ1n) is 5.92. The van der Waals surface area contributed by atoms with Crippen LogP contribution in [0.2, 0.25) is 0 Å². The maximum atomic E-state index is 13.2. The predicted molar refractivity (Wildman–Crippen MR) is 61.8 cm³/mol. The number of rotatable bonds is 3. The summed E-state index contributed by atoms with van der Waals surface area (Å²) in [5.41, 5.74) is 0.778. The molecule has 0 heterocycles. The van der Waals surface area contributed by atoms with E-state index in [1.807, 2.05) is 0 Å². The minimum Gasteiger partial charge on any atom is -0.385 e. The Labute approximate surface area is 99.0 Å². The van der Waals surface area contributed by atoms with E-state index in [1.165, 1.54) is 12.1 Å². The van der Waals surface area contributed by atoms with E-state index in [1.54, 1.807) is 12.1 Å². The van der Waals surface area contributed by atoms with Gasteiger partial charge in [-0.2, -0.15) is 0 Å². The van der Waals surface area contributed by atoms with Gasteiger partial charge in [-0.25, -0.2) is 13.2 Å². The molecule has 0 saturated heterocycles. The van der Waals surface area contributed by atoms with Crippen LogP contribution in [0.4, 0.5) is 18.9 Å². The normalized spacial score (nSPS) is 23.4. The number of alkyl halides is 2. The summed E-state index contributed by atoms with van der Waals surface area (Å²) in [6.45, 7) is 0.529. The second-order valence-electron chi connectivity index (χ2n) is 4.71. The van der Waals surface area contributed by atoms with Gasteiger partial charge in [0.25, 0.3) is 0 Å². The molecule has 0 radical (unpaired) electrons. The molecule has 1 aromatic carbocycles. The molecular weight excluding hydrogens is 227 g/mol. The maximum Gasteiger partial charge on any atom is 0.248 e. The molecule has 1 aliphatic carbocycles. The van der Waals surface area contributed by atoms with Gasteiger partial charge in [0.2, 0.25) is 5.92 Å². The molecular formula is C13H16F3N. The Hall–Kier alpha value is -1.19. The molecule has 1 saturated carbocycles. The number of nitrogens with one attached hydrogen (secondary N) is 1. The summed E-state index contributed by atoms with van der Waals surface area (Å²) in [7, 11) is 0. The molecule has 1 nitrogen and oxygen atoms in total. The van der Waals surface area contributed by atoms with Crippen molar-refractivity contribution in [3.63, 3.8) is 0 Å². The SMILES string of the molecule is Fc1ccc(NCC2CCCC(F)(F)C2)cc1. The summed E-state index contributed by atoms with van der Waals surface area (Å²) < 4.78 is 39.0. The highest BCUT2D eigenvalue weighted by Gasteiger charge is 2.35. The van der Waals surface area contributed by atoms with Gasteiger partial charge in [-0.3, -0.25) is 0 Å². The highest BCUT2D eigenvalue weighted by molar-refractivity contribution is 5.42. The molecule has 1 N–H and O–H groups in total. The molecule has 94 valence electrons. The van der Waals surface area contributed by atoms with E-state index in [-0.39, 0.29) is 24.6 Å². The molecule has 1 atom stereocenters. The van der Waals surface area contributed by atoms with Gasteiger partial charge in [0, 0.05) is 25.1 Å². The van der Waals surface area contributed by atoms with Crippen LogP contribution >= 0.6 is 0 Å².